The Morgan fingerprint density at radius 2 is 1.79 bits per heavy atom. The Morgan fingerprint density at radius 1 is 1.21 bits per heavy atom. The number of carbonyl (C=O) groups is 2. The molecule has 0 aromatic carbocycles. The van der Waals surface area contributed by atoms with Crippen molar-refractivity contribution < 1.29 is 14.3 Å². The molecule has 0 radical (unpaired) electrons. The van der Waals surface area contributed by atoms with Crippen LogP contribution in [0.3, 0.4) is 0 Å². The van der Waals surface area contributed by atoms with Crippen LogP contribution in [-0.2, 0) is 9.53 Å². The van der Waals surface area contributed by atoms with Crippen molar-refractivity contribution in [2.45, 2.75) is 58.1 Å². The fraction of sp³-hybridized carbons (Fsp3) is 0.857. The fourth-order valence-electron chi connectivity index (χ4n) is 2.32. The van der Waals surface area contributed by atoms with Crippen molar-refractivity contribution >= 4 is 12.0 Å². The van der Waals surface area contributed by atoms with E-state index in [4.69, 9.17) is 4.74 Å². The van der Waals surface area contributed by atoms with Gasteiger partial charge in [-0.3, -0.25) is 4.79 Å². The molecule has 19 heavy (non-hydrogen) atoms. The molecule has 2 amide bonds. The maximum Gasteiger partial charge on any atom is 0.408 e. The number of amides is 2. The summed E-state index contributed by atoms with van der Waals surface area (Å²) in [5.41, 5.74) is -0.345. The average molecular weight is 268 g/mol. The normalized spacial score (nSPS) is 21.1. The summed E-state index contributed by atoms with van der Waals surface area (Å²) in [7, 11) is 0. The molecule has 5 nitrogen and oxygen atoms in total. The maximum absolute atomic E-state index is 12.3. The van der Waals surface area contributed by atoms with Crippen molar-refractivity contribution in [2.24, 2.45) is 5.92 Å². The molecule has 2 rings (SSSR count). The number of nitrogens with one attached hydrogen (secondary N) is 1. The molecule has 0 spiro atoms. The van der Waals surface area contributed by atoms with Crippen LogP contribution in [0, 0.1) is 5.92 Å². The van der Waals surface area contributed by atoms with Crippen LogP contribution in [0.1, 0.15) is 46.5 Å². The van der Waals surface area contributed by atoms with Gasteiger partial charge in [-0.15, -0.1) is 0 Å². The molecule has 108 valence electrons. The van der Waals surface area contributed by atoms with Gasteiger partial charge in [0.25, 0.3) is 5.91 Å². The van der Waals surface area contributed by atoms with E-state index in [0.29, 0.717) is 0 Å². The minimum Gasteiger partial charge on any atom is -0.436 e. The molecule has 0 unspecified atom stereocenters. The van der Waals surface area contributed by atoms with E-state index >= 15 is 0 Å². The van der Waals surface area contributed by atoms with E-state index in [-0.39, 0.29) is 17.4 Å². The highest BCUT2D eigenvalue weighted by atomic mass is 16.6. The second kappa shape index (κ2) is 5.39. The third kappa shape index (κ3) is 4.11. The van der Waals surface area contributed by atoms with Gasteiger partial charge in [-0.25, -0.2) is 4.79 Å². The number of ether oxygens (including phenoxy) is 1. The number of nitrogens with zero attached hydrogens (tertiary/aromatic N) is 1. The van der Waals surface area contributed by atoms with E-state index < -0.39 is 12.2 Å². The molecular weight excluding hydrogens is 244 g/mol. The van der Waals surface area contributed by atoms with Gasteiger partial charge in [-0.05, 0) is 46.5 Å². The van der Waals surface area contributed by atoms with E-state index in [0.717, 1.165) is 38.8 Å². The van der Waals surface area contributed by atoms with E-state index in [1.54, 1.807) is 0 Å². The predicted molar refractivity (Wildman–Crippen MR) is 71.7 cm³/mol. The number of hydrogen-bond donors (Lipinski definition) is 1. The lowest BCUT2D eigenvalue weighted by molar-refractivity contribution is -0.140. The molecule has 1 N–H and O–H groups in total. The van der Waals surface area contributed by atoms with Crippen molar-refractivity contribution in [3.05, 3.63) is 0 Å². The van der Waals surface area contributed by atoms with Gasteiger partial charge in [-0.1, -0.05) is 0 Å². The minimum atomic E-state index is -0.583. The van der Waals surface area contributed by atoms with Crippen LogP contribution in [-0.4, -0.2) is 41.6 Å². The molecule has 0 bridgehead atoms. The SMILES string of the molecule is CC(C)(C)NC(=O)O[C@@H](C(=O)N1CCCC1)C1CC1. The van der Waals surface area contributed by atoms with Gasteiger partial charge in [0.1, 0.15) is 0 Å². The number of hydrogen-bond acceptors (Lipinski definition) is 3. The monoisotopic (exact) mass is 268 g/mol. The average Bonchev–Trinajstić information content (AvgIpc) is 2.97. The predicted octanol–water partition coefficient (Wildman–Crippen LogP) is 1.91. The van der Waals surface area contributed by atoms with E-state index in [2.05, 4.69) is 5.32 Å². The maximum atomic E-state index is 12.3. The van der Waals surface area contributed by atoms with Crippen LogP contribution in [0.5, 0.6) is 0 Å². The summed E-state index contributed by atoms with van der Waals surface area (Å²) in [6.07, 6.45) is 2.99. The number of alkyl carbamates (subject to hydrolysis) is 1. The van der Waals surface area contributed by atoms with Gasteiger partial charge in [-0.2, -0.15) is 0 Å². The van der Waals surface area contributed by atoms with Crippen molar-refractivity contribution in [1.82, 2.24) is 10.2 Å². The van der Waals surface area contributed by atoms with Gasteiger partial charge in [0.05, 0.1) is 0 Å². The molecule has 1 heterocycles. The quantitative estimate of drug-likeness (QED) is 0.850. The number of carbonyl (C=O) groups excluding carboxylic acids is 2. The van der Waals surface area contributed by atoms with Gasteiger partial charge >= 0.3 is 6.09 Å². The Bertz CT molecular complexity index is 352. The van der Waals surface area contributed by atoms with Crippen LogP contribution in [0.25, 0.3) is 0 Å². The van der Waals surface area contributed by atoms with Crippen LogP contribution in [0.4, 0.5) is 4.79 Å². The standard InChI is InChI=1S/C14H24N2O3/c1-14(2,3)15-13(18)19-11(10-6-7-10)12(17)16-8-4-5-9-16/h10-11H,4-9H2,1-3H3,(H,15,18)/t11-/m1/s1. The summed E-state index contributed by atoms with van der Waals surface area (Å²) in [5.74, 6) is 0.211. The van der Waals surface area contributed by atoms with Gasteiger partial charge in [0.2, 0.25) is 0 Å². The summed E-state index contributed by atoms with van der Waals surface area (Å²) < 4.78 is 5.38. The topological polar surface area (TPSA) is 58.6 Å². The minimum absolute atomic E-state index is 0.0101. The summed E-state index contributed by atoms with van der Waals surface area (Å²) >= 11 is 0. The Hall–Kier alpha value is -1.26. The summed E-state index contributed by atoms with van der Waals surface area (Å²) in [6, 6.07) is 0. The molecule has 5 heteroatoms. The van der Waals surface area contributed by atoms with Crippen LogP contribution < -0.4 is 5.32 Å². The lowest BCUT2D eigenvalue weighted by atomic mass is 10.1. The zero-order chi connectivity index (χ0) is 14.0. The summed E-state index contributed by atoms with van der Waals surface area (Å²) in [6.45, 7) is 7.27. The Balaban J connectivity index is 1.92. The van der Waals surface area contributed by atoms with Gasteiger partial charge < -0.3 is 15.0 Å². The summed E-state index contributed by atoms with van der Waals surface area (Å²) in [4.78, 5) is 26.0. The van der Waals surface area contributed by atoms with E-state index in [1.807, 2.05) is 25.7 Å². The van der Waals surface area contributed by atoms with E-state index in [1.165, 1.54) is 0 Å². The second-order valence-electron chi connectivity index (χ2n) is 6.57. The molecule has 2 fully saturated rings. The molecule has 0 aromatic heterocycles. The Labute approximate surface area is 114 Å². The lowest BCUT2D eigenvalue weighted by Gasteiger charge is -2.26. The zero-order valence-corrected chi connectivity index (χ0v) is 12.1. The highest BCUT2D eigenvalue weighted by Crippen LogP contribution is 2.35. The second-order valence-corrected chi connectivity index (χ2v) is 6.57. The molecule has 1 saturated heterocycles. The van der Waals surface area contributed by atoms with Crippen LogP contribution >= 0.6 is 0 Å². The van der Waals surface area contributed by atoms with Crippen molar-refractivity contribution in [3.8, 4) is 0 Å². The molecule has 1 saturated carbocycles. The molecular formula is C14H24N2O3. The zero-order valence-electron chi connectivity index (χ0n) is 12.1. The first-order valence-corrected chi connectivity index (χ1v) is 7.14. The fourth-order valence-corrected chi connectivity index (χ4v) is 2.32. The highest BCUT2D eigenvalue weighted by Gasteiger charge is 2.42. The van der Waals surface area contributed by atoms with E-state index in [9.17, 15) is 9.59 Å². The Kier molecular flexibility index (Phi) is 4.02. The first-order valence-electron chi connectivity index (χ1n) is 7.14. The van der Waals surface area contributed by atoms with Gasteiger partial charge in [0.15, 0.2) is 6.10 Å². The van der Waals surface area contributed by atoms with Gasteiger partial charge in [0, 0.05) is 24.5 Å². The largest absolute Gasteiger partial charge is 0.436 e. The first-order chi connectivity index (χ1) is 8.87. The number of rotatable bonds is 3. The van der Waals surface area contributed by atoms with Crippen molar-refractivity contribution in [2.75, 3.05) is 13.1 Å². The number of likely N-dealkylation sites (tertiary alicyclic amines) is 1. The smallest absolute Gasteiger partial charge is 0.408 e. The van der Waals surface area contributed by atoms with Crippen LogP contribution in [0.15, 0.2) is 0 Å². The molecule has 1 atom stereocenters. The third-order valence-corrected chi connectivity index (χ3v) is 3.42. The Morgan fingerprint density at radius 3 is 2.26 bits per heavy atom. The van der Waals surface area contributed by atoms with Crippen molar-refractivity contribution in [3.63, 3.8) is 0 Å². The van der Waals surface area contributed by atoms with Crippen molar-refractivity contribution in [1.29, 1.82) is 0 Å². The third-order valence-electron chi connectivity index (χ3n) is 3.42. The first kappa shape index (κ1) is 14.2. The molecule has 2 aliphatic rings. The molecule has 1 aliphatic carbocycles. The highest BCUT2D eigenvalue weighted by molar-refractivity contribution is 5.84. The lowest BCUT2D eigenvalue weighted by Crippen LogP contribution is -2.46. The summed E-state index contributed by atoms with van der Waals surface area (Å²) in [5, 5.41) is 2.75. The molecule has 0 aromatic rings. The molecule has 1 aliphatic heterocycles. The van der Waals surface area contributed by atoms with Crippen LogP contribution in [0.2, 0.25) is 0 Å².